The van der Waals surface area contributed by atoms with Gasteiger partial charge in [-0.25, -0.2) is 0 Å². The molecule has 2 unspecified atom stereocenters. The number of carbonyl (C=O) groups excluding carboxylic acids is 1. The molecule has 1 aliphatic heterocycles. The van der Waals surface area contributed by atoms with Gasteiger partial charge in [-0.05, 0) is 94.5 Å². The minimum Gasteiger partial charge on any atom is -0.494 e. The summed E-state index contributed by atoms with van der Waals surface area (Å²) in [5.74, 6) is 1.10. The van der Waals surface area contributed by atoms with E-state index in [0.29, 0.717) is 5.92 Å². The number of hydrogen-bond acceptors (Lipinski definition) is 4. The first-order valence-corrected chi connectivity index (χ1v) is 12.9. The van der Waals surface area contributed by atoms with Crippen molar-refractivity contribution >= 4 is 12.2 Å². The van der Waals surface area contributed by atoms with Gasteiger partial charge < -0.3 is 9.47 Å². The minimum absolute atomic E-state index is 0.199. The smallest absolute Gasteiger partial charge is 0.309 e. The highest BCUT2D eigenvalue weighted by atomic mass is 16.6. The van der Waals surface area contributed by atoms with Crippen molar-refractivity contribution in [1.29, 1.82) is 0 Å². The van der Waals surface area contributed by atoms with Gasteiger partial charge in [-0.15, -0.1) is 0 Å². The molecule has 0 saturated heterocycles. The van der Waals surface area contributed by atoms with Crippen LogP contribution in [0.2, 0.25) is 0 Å². The highest BCUT2D eigenvalue weighted by molar-refractivity contribution is 5.79. The molecule has 2 aromatic rings. The maximum Gasteiger partial charge on any atom is 0.309 e. The number of hydrogen-bond donors (Lipinski definition) is 0. The molecule has 188 valence electrons. The van der Waals surface area contributed by atoms with E-state index in [-0.39, 0.29) is 12.4 Å². The van der Waals surface area contributed by atoms with Crippen molar-refractivity contribution in [2.45, 2.75) is 83.8 Å². The molecule has 0 spiro atoms. The SMILES string of the molecule is CC(Cc1ccc(OCCCCCc2ccccc2)cc1)CC1(CC(=O)OC(C)(C)C)C=CC=N1. The molecular weight excluding hydrogens is 434 g/mol. The van der Waals surface area contributed by atoms with Crippen LogP contribution in [0.4, 0.5) is 0 Å². The zero-order valence-electron chi connectivity index (χ0n) is 21.8. The fourth-order valence-corrected chi connectivity index (χ4v) is 4.62. The lowest BCUT2D eigenvalue weighted by Crippen LogP contribution is -2.33. The Bertz CT molecular complexity index is 959. The lowest BCUT2D eigenvalue weighted by atomic mass is 9.83. The van der Waals surface area contributed by atoms with Crippen molar-refractivity contribution in [3.63, 3.8) is 0 Å². The van der Waals surface area contributed by atoms with Gasteiger partial charge in [-0.3, -0.25) is 9.79 Å². The van der Waals surface area contributed by atoms with Crippen LogP contribution >= 0.6 is 0 Å². The molecule has 4 nitrogen and oxygen atoms in total. The Hall–Kier alpha value is -2.88. The van der Waals surface area contributed by atoms with Gasteiger partial charge in [0.05, 0.1) is 18.6 Å². The second-order valence-electron chi connectivity index (χ2n) is 10.8. The van der Waals surface area contributed by atoms with Gasteiger partial charge in [0, 0.05) is 6.21 Å². The normalized spacial score (nSPS) is 17.9. The topological polar surface area (TPSA) is 47.9 Å². The quantitative estimate of drug-likeness (QED) is 0.228. The number of benzene rings is 2. The number of unbranched alkanes of at least 4 members (excludes halogenated alkanes) is 2. The zero-order valence-corrected chi connectivity index (χ0v) is 21.8. The fraction of sp³-hybridized carbons (Fsp3) is 0.484. The molecule has 4 heteroatoms. The molecule has 0 aliphatic carbocycles. The van der Waals surface area contributed by atoms with E-state index in [4.69, 9.17) is 9.47 Å². The number of ether oxygens (including phenoxy) is 2. The fourth-order valence-electron chi connectivity index (χ4n) is 4.62. The first-order valence-electron chi connectivity index (χ1n) is 12.9. The Labute approximate surface area is 211 Å². The summed E-state index contributed by atoms with van der Waals surface area (Å²) in [6.07, 6.45) is 12.4. The van der Waals surface area contributed by atoms with E-state index in [0.717, 1.165) is 38.0 Å². The van der Waals surface area contributed by atoms with Gasteiger partial charge >= 0.3 is 5.97 Å². The first kappa shape index (κ1) is 26.7. The summed E-state index contributed by atoms with van der Waals surface area (Å²) < 4.78 is 11.5. The lowest BCUT2D eigenvalue weighted by molar-refractivity contribution is -0.155. The second-order valence-corrected chi connectivity index (χ2v) is 10.8. The second kappa shape index (κ2) is 12.7. The molecule has 1 heterocycles. The summed E-state index contributed by atoms with van der Waals surface area (Å²) in [7, 11) is 0. The molecule has 0 radical (unpaired) electrons. The Morgan fingerprint density at radius 2 is 1.71 bits per heavy atom. The maximum absolute atomic E-state index is 12.5. The van der Waals surface area contributed by atoms with E-state index < -0.39 is 11.1 Å². The van der Waals surface area contributed by atoms with Crippen molar-refractivity contribution in [3.8, 4) is 5.75 Å². The van der Waals surface area contributed by atoms with Crippen LogP contribution in [0, 0.1) is 5.92 Å². The van der Waals surface area contributed by atoms with E-state index in [2.05, 4.69) is 66.5 Å². The van der Waals surface area contributed by atoms with E-state index in [1.54, 1.807) is 6.21 Å². The van der Waals surface area contributed by atoms with Crippen LogP contribution in [-0.4, -0.2) is 29.9 Å². The average Bonchev–Trinajstić information content (AvgIpc) is 3.24. The summed E-state index contributed by atoms with van der Waals surface area (Å²) in [5, 5.41) is 0. The van der Waals surface area contributed by atoms with E-state index in [9.17, 15) is 4.79 Å². The molecule has 1 aliphatic rings. The molecular formula is C31H41NO3. The number of rotatable bonds is 13. The highest BCUT2D eigenvalue weighted by Crippen LogP contribution is 2.32. The molecule has 2 aromatic carbocycles. The lowest BCUT2D eigenvalue weighted by Gasteiger charge is -2.29. The van der Waals surface area contributed by atoms with Crippen molar-refractivity contribution < 1.29 is 14.3 Å². The monoisotopic (exact) mass is 475 g/mol. The zero-order chi connectivity index (χ0) is 25.2. The van der Waals surface area contributed by atoms with Gasteiger partial charge in [-0.1, -0.05) is 55.5 Å². The third kappa shape index (κ3) is 9.71. The van der Waals surface area contributed by atoms with Crippen LogP contribution in [-0.2, 0) is 22.4 Å². The van der Waals surface area contributed by atoms with Gasteiger partial charge in [0.1, 0.15) is 11.4 Å². The van der Waals surface area contributed by atoms with E-state index >= 15 is 0 Å². The molecule has 2 atom stereocenters. The summed E-state index contributed by atoms with van der Waals surface area (Å²) in [5.41, 5.74) is 1.70. The third-order valence-electron chi connectivity index (χ3n) is 6.13. The van der Waals surface area contributed by atoms with Crippen LogP contribution in [0.3, 0.4) is 0 Å². The van der Waals surface area contributed by atoms with Crippen LogP contribution in [0.15, 0.2) is 71.7 Å². The van der Waals surface area contributed by atoms with Crippen molar-refractivity contribution in [2.75, 3.05) is 6.61 Å². The van der Waals surface area contributed by atoms with Crippen LogP contribution in [0.25, 0.3) is 0 Å². The van der Waals surface area contributed by atoms with Crippen LogP contribution < -0.4 is 4.74 Å². The molecule has 0 amide bonds. The maximum atomic E-state index is 12.5. The summed E-state index contributed by atoms with van der Waals surface area (Å²) in [6.45, 7) is 8.66. The Morgan fingerprint density at radius 3 is 2.37 bits per heavy atom. The molecule has 0 N–H and O–H groups in total. The van der Waals surface area contributed by atoms with Gasteiger partial charge in [-0.2, -0.15) is 0 Å². The predicted octanol–water partition coefficient (Wildman–Crippen LogP) is 7.16. The number of esters is 1. The Morgan fingerprint density at radius 1 is 0.971 bits per heavy atom. The van der Waals surface area contributed by atoms with E-state index in [1.807, 2.05) is 32.9 Å². The summed E-state index contributed by atoms with van der Waals surface area (Å²) in [4.78, 5) is 17.1. The Kier molecular flexibility index (Phi) is 9.71. The van der Waals surface area contributed by atoms with Crippen LogP contribution in [0.5, 0.6) is 5.75 Å². The Balaban J connectivity index is 1.39. The molecule has 0 fully saturated rings. The number of nitrogens with zero attached hydrogens (tertiary/aromatic N) is 1. The summed E-state index contributed by atoms with van der Waals surface area (Å²) >= 11 is 0. The van der Waals surface area contributed by atoms with Crippen molar-refractivity contribution in [1.82, 2.24) is 0 Å². The molecule has 0 aromatic heterocycles. The predicted molar refractivity (Wildman–Crippen MR) is 144 cm³/mol. The van der Waals surface area contributed by atoms with Crippen molar-refractivity contribution in [2.24, 2.45) is 10.9 Å². The van der Waals surface area contributed by atoms with Gasteiger partial charge in [0.25, 0.3) is 0 Å². The molecule has 0 saturated carbocycles. The number of aliphatic imine (C=N–C) groups is 1. The average molecular weight is 476 g/mol. The van der Waals surface area contributed by atoms with Crippen molar-refractivity contribution in [3.05, 3.63) is 77.9 Å². The largest absolute Gasteiger partial charge is 0.494 e. The third-order valence-corrected chi connectivity index (χ3v) is 6.13. The highest BCUT2D eigenvalue weighted by Gasteiger charge is 2.34. The summed E-state index contributed by atoms with van der Waals surface area (Å²) in [6, 6.07) is 19.1. The van der Waals surface area contributed by atoms with E-state index in [1.165, 1.54) is 24.0 Å². The molecule has 0 bridgehead atoms. The number of aryl methyl sites for hydroxylation is 1. The molecule has 3 rings (SSSR count). The first-order chi connectivity index (χ1) is 16.7. The minimum atomic E-state index is -0.495. The van der Waals surface area contributed by atoms with Gasteiger partial charge in [0.15, 0.2) is 0 Å². The van der Waals surface area contributed by atoms with Crippen LogP contribution in [0.1, 0.15) is 70.9 Å². The number of allylic oxidation sites excluding steroid dienone is 1. The molecule has 35 heavy (non-hydrogen) atoms. The number of carbonyl (C=O) groups is 1. The van der Waals surface area contributed by atoms with Gasteiger partial charge in [0.2, 0.25) is 0 Å². The standard InChI is InChI=1S/C31H41NO3/c1-25(23-31(19-11-20-32-31)24-29(33)35-30(2,3)4)22-27-15-17-28(18-16-27)34-21-10-6-9-14-26-12-7-5-8-13-26/h5,7-8,11-13,15-20,25H,6,9-10,14,21-24H2,1-4H3.